The van der Waals surface area contributed by atoms with Crippen molar-refractivity contribution in [2.24, 2.45) is 0 Å². The van der Waals surface area contributed by atoms with Gasteiger partial charge in [0.1, 0.15) is 12.4 Å². The molecule has 1 saturated heterocycles. The Hall–Kier alpha value is -1.26. The molecule has 1 fully saturated rings. The third-order valence-electron chi connectivity index (χ3n) is 3.54. The first kappa shape index (κ1) is 10.9. The number of nitrogens with zero attached hydrogens (tertiary/aromatic N) is 1. The molecule has 2 aliphatic rings. The van der Waals surface area contributed by atoms with Crippen LogP contribution >= 0.6 is 0 Å². The molecule has 0 amide bonds. The van der Waals surface area contributed by atoms with E-state index < -0.39 is 0 Å². The van der Waals surface area contributed by atoms with Gasteiger partial charge in [0, 0.05) is 30.9 Å². The van der Waals surface area contributed by atoms with Crippen molar-refractivity contribution in [1.29, 1.82) is 0 Å². The van der Waals surface area contributed by atoms with Crippen LogP contribution in [0.2, 0.25) is 0 Å². The summed E-state index contributed by atoms with van der Waals surface area (Å²) in [6, 6.07) is 6.43. The van der Waals surface area contributed by atoms with Gasteiger partial charge in [0.25, 0.3) is 0 Å². The molecule has 1 aromatic carbocycles. The summed E-state index contributed by atoms with van der Waals surface area (Å²) >= 11 is 0. The predicted octanol–water partition coefficient (Wildman–Crippen LogP) is 0.904. The molecule has 0 bridgehead atoms. The first-order chi connectivity index (χ1) is 8.33. The van der Waals surface area contributed by atoms with Gasteiger partial charge in [-0.2, -0.15) is 0 Å². The van der Waals surface area contributed by atoms with E-state index in [1.807, 2.05) is 12.1 Å². The van der Waals surface area contributed by atoms with Gasteiger partial charge in [0.05, 0.1) is 13.2 Å². The van der Waals surface area contributed by atoms with Gasteiger partial charge in [-0.25, -0.2) is 0 Å². The van der Waals surface area contributed by atoms with Gasteiger partial charge < -0.3 is 15.2 Å². The maximum absolute atomic E-state index is 5.81. The van der Waals surface area contributed by atoms with Crippen molar-refractivity contribution in [3.05, 3.63) is 23.8 Å². The van der Waals surface area contributed by atoms with E-state index in [0.717, 1.165) is 50.8 Å². The van der Waals surface area contributed by atoms with Crippen LogP contribution in [0.1, 0.15) is 5.56 Å². The quantitative estimate of drug-likeness (QED) is 0.734. The largest absolute Gasteiger partial charge is 0.492 e. The van der Waals surface area contributed by atoms with Crippen molar-refractivity contribution in [3.63, 3.8) is 0 Å². The molecule has 0 saturated carbocycles. The summed E-state index contributed by atoms with van der Waals surface area (Å²) in [5, 5.41) is 0. The van der Waals surface area contributed by atoms with Crippen molar-refractivity contribution in [1.82, 2.24) is 4.90 Å². The van der Waals surface area contributed by atoms with Crippen LogP contribution in [-0.2, 0) is 11.2 Å². The number of nitrogen functional groups attached to an aromatic ring is 1. The van der Waals surface area contributed by atoms with Gasteiger partial charge in [-0.15, -0.1) is 0 Å². The van der Waals surface area contributed by atoms with Crippen LogP contribution in [0.5, 0.6) is 5.75 Å². The SMILES string of the molecule is Nc1ccc2c(c1)OCC(N1CCOCC1)C2. The summed E-state index contributed by atoms with van der Waals surface area (Å²) in [4.78, 5) is 2.46. The molecule has 1 aromatic rings. The van der Waals surface area contributed by atoms with E-state index in [9.17, 15) is 0 Å². The highest BCUT2D eigenvalue weighted by Crippen LogP contribution is 2.28. The van der Waals surface area contributed by atoms with E-state index in [2.05, 4.69) is 11.0 Å². The average Bonchev–Trinajstić information content (AvgIpc) is 2.39. The number of fused-ring (bicyclic) bond motifs is 1. The lowest BCUT2D eigenvalue weighted by Gasteiger charge is -2.37. The zero-order chi connectivity index (χ0) is 11.7. The monoisotopic (exact) mass is 234 g/mol. The Bertz CT molecular complexity index is 402. The van der Waals surface area contributed by atoms with Crippen LogP contribution < -0.4 is 10.5 Å². The topological polar surface area (TPSA) is 47.7 Å². The Morgan fingerprint density at radius 2 is 2.06 bits per heavy atom. The highest BCUT2D eigenvalue weighted by molar-refractivity contribution is 5.49. The van der Waals surface area contributed by atoms with Gasteiger partial charge in [-0.1, -0.05) is 6.07 Å². The molecule has 2 aliphatic heterocycles. The minimum atomic E-state index is 0.482. The van der Waals surface area contributed by atoms with Crippen LogP contribution in [-0.4, -0.2) is 43.9 Å². The number of rotatable bonds is 1. The molecule has 1 atom stereocenters. The van der Waals surface area contributed by atoms with Crippen molar-refractivity contribution >= 4 is 5.69 Å². The highest BCUT2D eigenvalue weighted by atomic mass is 16.5. The zero-order valence-electron chi connectivity index (χ0n) is 9.89. The molecule has 0 aliphatic carbocycles. The lowest BCUT2D eigenvalue weighted by molar-refractivity contribution is 0.00249. The van der Waals surface area contributed by atoms with Crippen LogP contribution in [0.25, 0.3) is 0 Å². The van der Waals surface area contributed by atoms with Gasteiger partial charge in [-0.05, 0) is 18.1 Å². The molecule has 4 nitrogen and oxygen atoms in total. The predicted molar refractivity (Wildman–Crippen MR) is 66.2 cm³/mol. The van der Waals surface area contributed by atoms with Crippen LogP contribution in [0.15, 0.2) is 18.2 Å². The number of hydrogen-bond donors (Lipinski definition) is 1. The van der Waals surface area contributed by atoms with E-state index in [0.29, 0.717) is 6.04 Å². The van der Waals surface area contributed by atoms with E-state index in [4.69, 9.17) is 15.2 Å². The second-order valence-corrected chi connectivity index (χ2v) is 4.68. The Kier molecular flexibility index (Phi) is 2.91. The molecule has 4 heteroatoms. The third kappa shape index (κ3) is 2.23. The molecule has 3 rings (SSSR count). The first-order valence-electron chi connectivity index (χ1n) is 6.16. The molecule has 17 heavy (non-hydrogen) atoms. The van der Waals surface area contributed by atoms with Crippen LogP contribution in [0, 0.1) is 0 Å². The maximum Gasteiger partial charge on any atom is 0.124 e. The molecule has 92 valence electrons. The van der Waals surface area contributed by atoms with Crippen molar-refractivity contribution < 1.29 is 9.47 Å². The van der Waals surface area contributed by atoms with Gasteiger partial charge in [0.2, 0.25) is 0 Å². The molecule has 0 aromatic heterocycles. The standard InChI is InChI=1S/C13H18N2O2/c14-11-2-1-10-7-12(9-17-13(10)8-11)15-3-5-16-6-4-15/h1-2,8,12H,3-7,9,14H2. The fourth-order valence-corrected chi connectivity index (χ4v) is 2.55. The Morgan fingerprint density at radius 1 is 1.24 bits per heavy atom. The third-order valence-corrected chi connectivity index (χ3v) is 3.54. The van der Waals surface area contributed by atoms with E-state index >= 15 is 0 Å². The second kappa shape index (κ2) is 4.55. The van der Waals surface area contributed by atoms with E-state index in [1.54, 1.807) is 0 Å². The van der Waals surface area contributed by atoms with Crippen LogP contribution in [0.3, 0.4) is 0 Å². The smallest absolute Gasteiger partial charge is 0.124 e. The fraction of sp³-hybridized carbons (Fsp3) is 0.538. The zero-order valence-corrected chi connectivity index (χ0v) is 9.89. The minimum Gasteiger partial charge on any atom is -0.492 e. The second-order valence-electron chi connectivity index (χ2n) is 4.68. The Balaban J connectivity index is 1.73. The summed E-state index contributed by atoms with van der Waals surface area (Å²) in [5.74, 6) is 0.953. The molecule has 0 spiro atoms. The lowest BCUT2D eigenvalue weighted by atomic mass is 10.0. The van der Waals surface area contributed by atoms with Crippen molar-refractivity contribution in [3.8, 4) is 5.75 Å². The summed E-state index contributed by atoms with van der Waals surface area (Å²) in [5.41, 5.74) is 7.79. The van der Waals surface area contributed by atoms with Crippen molar-refractivity contribution in [2.45, 2.75) is 12.5 Å². The number of benzene rings is 1. The molecular weight excluding hydrogens is 216 g/mol. The van der Waals surface area contributed by atoms with Crippen molar-refractivity contribution in [2.75, 3.05) is 38.6 Å². The number of morpholine rings is 1. The summed E-state index contributed by atoms with van der Waals surface area (Å²) in [6.45, 7) is 4.46. The number of anilines is 1. The Labute approximate surface area is 101 Å². The summed E-state index contributed by atoms with van der Waals surface area (Å²) in [6.07, 6.45) is 1.05. The average molecular weight is 234 g/mol. The van der Waals surface area contributed by atoms with E-state index in [-0.39, 0.29) is 0 Å². The van der Waals surface area contributed by atoms with Gasteiger partial charge in [-0.3, -0.25) is 4.90 Å². The molecule has 2 heterocycles. The summed E-state index contributed by atoms with van der Waals surface area (Å²) < 4.78 is 11.2. The Morgan fingerprint density at radius 3 is 2.88 bits per heavy atom. The fourth-order valence-electron chi connectivity index (χ4n) is 2.55. The lowest BCUT2D eigenvalue weighted by Crippen LogP contribution is -2.48. The van der Waals surface area contributed by atoms with E-state index in [1.165, 1.54) is 5.56 Å². The molecule has 0 radical (unpaired) electrons. The molecular formula is C13H18N2O2. The highest BCUT2D eigenvalue weighted by Gasteiger charge is 2.26. The molecule has 2 N–H and O–H groups in total. The van der Waals surface area contributed by atoms with Gasteiger partial charge >= 0.3 is 0 Å². The minimum absolute atomic E-state index is 0.482. The molecule has 1 unspecified atom stereocenters. The normalized spacial score (nSPS) is 25.1. The first-order valence-corrected chi connectivity index (χ1v) is 6.16. The van der Waals surface area contributed by atoms with Gasteiger partial charge in [0.15, 0.2) is 0 Å². The maximum atomic E-state index is 5.81. The number of nitrogens with two attached hydrogens (primary N) is 1. The summed E-state index contributed by atoms with van der Waals surface area (Å²) in [7, 11) is 0. The number of ether oxygens (including phenoxy) is 2. The number of hydrogen-bond acceptors (Lipinski definition) is 4. The van der Waals surface area contributed by atoms with Crippen LogP contribution in [0.4, 0.5) is 5.69 Å².